The van der Waals surface area contributed by atoms with E-state index >= 15 is 0 Å². The molecule has 1 aliphatic rings. The first-order valence-corrected chi connectivity index (χ1v) is 7.72. The summed E-state index contributed by atoms with van der Waals surface area (Å²) in [5.74, 6) is -0.226. The summed E-state index contributed by atoms with van der Waals surface area (Å²) in [6.45, 7) is 5.58. The molecule has 0 radical (unpaired) electrons. The molecule has 1 N–H and O–H groups in total. The summed E-state index contributed by atoms with van der Waals surface area (Å²) in [5.41, 5.74) is 1.43. The van der Waals surface area contributed by atoms with Gasteiger partial charge in [0.05, 0.1) is 5.52 Å². The Morgan fingerprint density at radius 2 is 2.10 bits per heavy atom. The lowest BCUT2D eigenvalue weighted by atomic mass is 10.0. The van der Waals surface area contributed by atoms with Gasteiger partial charge in [0.2, 0.25) is 0 Å². The molecule has 1 aromatic heterocycles. The zero-order chi connectivity index (χ0) is 14.1. The van der Waals surface area contributed by atoms with Crippen LogP contribution in [0, 0.1) is 10.6 Å². The second-order valence-electron chi connectivity index (χ2n) is 5.51. The van der Waals surface area contributed by atoms with E-state index in [1.807, 2.05) is 6.07 Å². The summed E-state index contributed by atoms with van der Waals surface area (Å²) in [4.78, 5) is 5.51. The number of aromatic nitrogens is 2. The molecule has 0 atom stereocenters. The van der Waals surface area contributed by atoms with Crippen LogP contribution < -0.4 is 0 Å². The van der Waals surface area contributed by atoms with Gasteiger partial charge in [0.15, 0.2) is 4.77 Å². The van der Waals surface area contributed by atoms with E-state index in [0.717, 1.165) is 31.4 Å². The lowest BCUT2D eigenvalue weighted by molar-refractivity contribution is 0.188. The molecule has 20 heavy (non-hydrogen) atoms. The molecule has 0 aliphatic carbocycles. The number of rotatable bonds is 3. The van der Waals surface area contributed by atoms with Crippen molar-refractivity contribution in [3.05, 3.63) is 28.8 Å². The molecule has 0 unspecified atom stereocenters. The van der Waals surface area contributed by atoms with Crippen LogP contribution in [-0.2, 0) is 0 Å². The molecule has 0 amide bonds. The van der Waals surface area contributed by atoms with Gasteiger partial charge in [-0.25, -0.2) is 4.39 Å². The van der Waals surface area contributed by atoms with Gasteiger partial charge < -0.3 is 14.5 Å². The Morgan fingerprint density at radius 1 is 1.35 bits per heavy atom. The highest BCUT2D eigenvalue weighted by molar-refractivity contribution is 7.71. The van der Waals surface area contributed by atoms with Crippen molar-refractivity contribution in [3.8, 4) is 0 Å². The standard InChI is InChI=1S/C15H20FN3S/c1-2-8-18-9-6-11(7-10-18)19-13-5-3-4-12(16)14(13)17-15(19)20/h3-5,11H,2,6-10H2,1H3,(H,17,20). The second-order valence-corrected chi connectivity index (χ2v) is 5.89. The van der Waals surface area contributed by atoms with Gasteiger partial charge in [0, 0.05) is 19.1 Å². The van der Waals surface area contributed by atoms with Crippen molar-refractivity contribution in [2.75, 3.05) is 19.6 Å². The first-order chi connectivity index (χ1) is 9.70. The number of likely N-dealkylation sites (tertiary alicyclic amines) is 1. The van der Waals surface area contributed by atoms with Gasteiger partial charge in [-0.1, -0.05) is 13.0 Å². The number of aromatic amines is 1. The second kappa shape index (κ2) is 5.66. The van der Waals surface area contributed by atoms with E-state index in [1.54, 1.807) is 6.07 Å². The number of fused-ring (bicyclic) bond motifs is 1. The summed E-state index contributed by atoms with van der Waals surface area (Å²) in [6, 6.07) is 5.56. The van der Waals surface area contributed by atoms with E-state index in [-0.39, 0.29) is 5.82 Å². The van der Waals surface area contributed by atoms with Gasteiger partial charge in [-0.05, 0) is 50.2 Å². The van der Waals surface area contributed by atoms with E-state index in [0.29, 0.717) is 16.3 Å². The zero-order valence-corrected chi connectivity index (χ0v) is 12.5. The molecule has 1 fully saturated rings. The van der Waals surface area contributed by atoms with Crippen LogP contribution in [0.2, 0.25) is 0 Å². The predicted octanol–water partition coefficient (Wildman–Crippen LogP) is 3.88. The van der Waals surface area contributed by atoms with E-state index in [2.05, 4.69) is 21.4 Å². The van der Waals surface area contributed by atoms with Gasteiger partial charge in [0.25, 0.3) is 0 Å². The molecule has 1 saturated heterocycles. The fourth-order valence-corrected chi connectivity index (χ4v) is 3.54. The van der Waals surface area contributed by atoms with Crippen LogP contribution in [0.4, 0.5) is 4.39 Å². The van der Waals surface area contributed by atoms with Crippen molar-refractivity contribution >= 4 is 23.3 Å². The minimum atomic E-state index is -0.226. The maximum absolute atomic E-state index is 13.8. The summed E-state index contributed by atoms with van der Waals surface area (Å²) in [5, 5.41) is 0. The number of H-pyrrole nitrogens is 1. The van der Waals surface area contributed by atoms with Crippen LogP contribution in [0.25, 0.3) is 11.0 Å². The highest BCUT2D eigenvalue weighted by atomic mass is 32.1. The number of hydrogen-bond donors (Lipinski definition) is 1. The summed E-state index contributed by atoms with van der Waals surface area (Å²) < 4.78 is 16.6. The van der Waals surface area contributed by atoms with Crippen molar-refractivity contribution in [2.24, 2.45) is 0 Å². The lowest BCUT2D eigenvalue weighted by Gasteiger charge is -2.32. The molecule has 5 heteroatoms. The highest BCUT2D eigenvalue weighted by Gasteiger charge is 2.22. The number of nitrogens with one attached hydrogen (secondary N) is 1. The summed E-state index contributed by atoms with van der Waals surface area (Å²) in [7, 11) is 0. The molecule has 0 bridgehead atoms. The maximum atomic E-state index is 13.8. The van der Waals surface area contributed by atoms with E-state index in [1.165, 1.54) is 19.0 Å². The van der Waals surface area contributed by atoms with Crippen LogP contribution >= 0.6 is 12.2 Å². The Hall–Kier alpha value is -1.20. The van der Waals surface area contributed by atoms with E-state index < -0.39 is 0 Å². The van der Waals surface area contributed by atoms with Crippen molar-refractivity contribution < 1.29 is 4.39 Å². The highest BCUT2D eigenvalue weighted by Crippen LogP contribution is 2.28. The minimum Gasteiger partial charge on any atom is -0.328 e. The summed E-state index contributed by atoms with van der Waals surface area (Å²) in [6.07, 6.45) is 3.36. The quantitative estimate of drug-likeness (QED) is 0.868. The van der Waals surface area contributed by atoms with Gasteiger partial charge in [-0.15, -0.1) is 0 Å². The minimum absolute atomic E-state index is 0.226. The third-order valence-corrected chi connectivity index (χ3v) is 4.46. The number of nitrogens with zero attached hydrogens (tertiary/aromatic N) is 2. The fourth-order valence-electron chi connectivity index (χ4n) is 3.19. The van der Waals surface area contributed by atoms with Crippen LogP contribution in [0.5, 0.6) is 0 Å². The van der Waals surface area contributed by atoms with Crippen LogP contribution in [-0.4, -0.2) is 34.1 Å². The fraction of sp³-hybridized carbons (Fsp3) is 0.533. The van der Waals surface area contributed by atoms with Crippen LogP contribution in [0.15, 0.2) is 18.2 Å². The molecule has 1 aliphatic heterocycles. The van der Waals surface area contributed by atoms with Crippen LogP contribution in [0.1, 0.15) is 32.2 Å². The lowest BCUT2D eigenvalue weighted by Crippen LogP contribution is -2.35. The number of para-hydroxylation sites is 1. The molecule has 108 valence electrons. The maximum Gasteiger partial charge on any atom is 0.178 e. The first-order valence-electron chi connectivity index (χ1n) is 7.31. The smallest absolute Gasteiger partial charge is 0.178 e. The Bertz CT molecular complexity index is 653. The first kappa shape index (κ1) is 13.8. The van der Waals surface area contributed by atoms with Crippen molar-refractivity contribution in [3.63, 3.8) is 0 Å². The SMILES string of the molecule is CCCN1CCC(n2c(=S)[nH]c3c(F)cccc32)CC1. The zero-order valence-electron chi connectivity index (χ0n) is 11.7. The Kier molecular flexibility index (Phi) is 3.89. The number of hydrogen-bond acceptors (Lipinski definition) is 2. The molecule has 0 spiro atoms. The van der Waals surface area contributed by atoms with Crippen molar-refractivity contribution in [1.82, 2.24) is 14.5 Å². The normalized spacial score (nSPS) is 17.9. The molecule has 0 saturated carbocycles. The number of imidazole rings is 1. The van der Waals surface area contributed by atoms with Gasteiger partial charge in [-0.3, -0.25) is 0 Å². The Morgan fingerprint density at radius 3 is 2.80 bits per heavy atom. The number of benzene rings is 1. The molecule has 1 aromatic carbocycles. The monoisotopic (exact) mass is 293 g/mol. The molecular formula is C15H20FN3S. The van der Waals surface area contributed by atoms with Gasteiger partial charge in [-0.2, -0.15) is 0 Å². The average Bonchev–Trinajstić information content (AvgIpc) is 2.78. The number of piperidine rings is 1. The van der Waals surface area contributed by atoms with Gasteiger partial charge >= 0.3 is 0 Å². The Balaban J connectivity index is 1.90. The average molecular weight is 293 g/mol. The van der Waals surface area contributed by atoms with Crippen molar-refractivity contribution in [2.45, 2.75) is 32.2 Å². The predicted molar refractivity (Wildman–Crippen MR) is 82.1 cm³/mol. The topological polar surface area (TPSA) is 24.0 Å². The molecule has 2 heterocycles. The molecular weight excluding hydrogens is 273 g/mol. The van der Waals surface area contributed by atoms with E-state index in [9.17, 15) is 4.39 Å². The third kappa shape index (κ3) is 2.40. The molecule has 3 nitrogen and oxygen atoms in total. The van der Waals surface area contributed by atoms with Crippen LogP contribution in [0.3, 0.4) is 0 Å². The molecule has 2 aromatic rings. The largest absolute Gasteiger partial charge is 0.328 e. The van der Waals surface area contributed by atoms with E-state index in [4.69, 9.17) is 12.2 Å². The summed E-state index contributed by atoms with van der Waals surface area (Å²) >= 11 is 5.40. The Labute approximate surface area is 123 Å². The van der Waals surface area contributed by atoms with Gasteiger partial charge in [0.1, 0.15) is 11.3 Å². The number of halogens is 1. The molecule has 3 rings (SSSR count). The third-order valence-electron chi connectivity index (χ3n) is 4.16. The van der Waals surface area contributed by atoms with Crippen molar-refractivity contribution in [1.29, 1.82) is 0 Å².